The summed E-state index contributed by atoms with van der Waals surface area (Å²) in [5.41, 5.74) is 0.462. The molecule has 0 aliphatic rings. The molecule has 1 atom stereocenters. The van der Waals surface area contributed by atoms with E-state index >= 15 is 0 Å². The van der Waals surface area contributed by atoms with Crippen molar-refractivity contribution in [3.05, 3.63) is 34.8 Å². The third kappa shape index (κ3) is 6.02. The number of ether oxygens (including phenoxy) is 1. The van der Waals surface area contributed by atoms with Crippen molar-refractivity contribution in [2.75, 3.05) is 12.4 Å². The summed E-state index contributed by atoms with van der Waals surface area (Å²) in [6.07, 6.45) is 0.815. The molecule has 0 aliphatic heterocycles. The monoisotopic (exact) mass is 390 g/mol. The van der Waals surface area contributed by atoms with Crippen LogP contribution in [-0.2, 0) is 11.2 Å². The van der Waals surface area contributed by atoms with Crippen molar-refractivity contribution in [2.24, 2.45) is 11.8 Å². The number of nitrogens with one attached hydrogen (secondary N) is 2. The fraction of sp³-hybridized carbons (Fsp3) is 0.474. The molecule has 146 valence electrons. The van der Waals surface area contributed by atoms with E-state index in [-0.39, 0.29) is 17.7 Å². The molecular weight excluding hydrogens is 364 g/mol. The second kappa shape index (κ2) is 9.45. The Hall–Kier alpha value is -2.48. The minimum absolute atomic E-state index is 0.0877. The van der Waals surface area contributed by atoms with Gasteiger partial charge in [-0.3, -0.25) is 14.9 Å². The van der Waals surface area contributed by atoms with Crippen molar-refractivity contribution in [3.63, 3.8) is 0 Å². The standard InChI is InChI=1S/C19H26N4O3S/c1-11(2)10-15-22-23-19(27-15)21-18(25)16(12(3)4)20-17(24)13-6-8-14(26-5)9-7-13/h6-9,11-12,16H,10H2,1-5H3,(H,20,24)(H,21,23,25)/t16-/m1/s1. The van der Waals surface area contributed by atoms with E-state index in [1.165, 1.54) is 11.3 Å². The maximum atomic E-state index is 12.6. The highest BCUT2D eigenvalue weighted by Gasteiger charge is 2.25. The third-order valence-electron chi connectivity index (χ3n) is 3.87. The third-order valence-corrected chi connectivity index (χ3v) is 4.73. The Morgan fingerprint density at radius 1 is 1.11 bits per heavy atom. The van der Waals surface area contributed by atoms with Gasteiger partial charge in [0.25, 0.3) is 5.91 Å². The van der Waals surface area contributed by atoms with E-state index in [0.29, 0.717) is 22.4 Å². The topological polar surface area (TPSA) is 93.2 Å². The minimum atomic E-state index is -0.683. The number of methoxy groups -OCH3 is 1. The van der Waals surface area contributed by atoms with Gasteiger partial charge < -0.3 is 10.1 Å². The largest absolute Gasteiger partial charge is 0.497 e. The molecule has 27 heavy (non-hydrogen) atoms. The van der Waals surface area contributed by atoms with Crippen LogP contribution in [0.1, 0.15) is 43.1 Å². The van der Waals surface area contributed by atoms with Crippen molar-refractivity contribution in [3.8, 4) is 5.75 Å². The second-order valence-corrected chi connectivity index (χ2v) is 8.07. The molecule has 7 nitrogen and oxygen atoms in total. The lowest BCUT2D eigenvalue weighted by Crippen LogP contribution is -2.47. The molecule has 1 aromatic carbocycles. The van der Waals surface area contributed by atoms with Crippen LogP contribution in [0.2, 0.25) is 0 Å². The summed E-state index contributed by atoms with van der Waals surface area (Å²) in [5, 5.41) is 15.0. The highest BCUT2D eigenvalue weighted by Crippen LogP contribution is 2.19. The Labute approximate surface area is 163 Å². The Kier molecular flexibility index (Phi) is 7.29. The number of nitrogens with zero attached hydrogens (tertiary/aromatic N) is 2. The van der Waals surface area contributed by atoms with Crippen LogP contribution in [0.4, 0.5) is 5.13 Å². The van der Waals surface area contributed by atoms with Gasteiger partial charge in [0.2, 0.25) is 11.0 Å². The highest BCUT2D eigenvalue weighted by molar-refractivity contribution is 7.15. The van der Waals surface area contributed by atoms with Crippen LogP contribution in [0.25, 0.3) is 0 Å². The molecule has 0 saturated heterocycles. The molecule has 0 aliphatic carbocycles. The summed E-state index contributed by atoms with van der Waals surface area (Å²) in [6, 6.07) is 6.05. The van der Waals surface area contributed by atoms with Gasteiger partial charge in [-0.05, 0) is 36.1 Å². The predicted molar refractivity (Wildman–Crippen MR) is 106 cm³/mol. The molecule has 0 fully saturated rings. The average Bonchev–Trinajstić information content (AvgIpc) is 3.05. The van der Waals surface area contributed by atoms with E-state index in [4.69, 9.17) is 4.74 Å². The van der Waals surface area contributed by atoms with E-state index in [0.717, 1.165) is 11.4 Å². The summed E-state index contributed by atoms with van der Waals surface area (Å²) in [5.74, 6) is 0.422. The first-order chi connectivity index (χ1) is 12.8. The van der Waals surface area contributed by atoms with Crippen LogP contribution in [0.5, 0.6) is 5.75 Å². The molecule has 2 N–H and O–H groups in total. The van der Waals surface area contributed by atoms with Gasteiger partial charge in [0.05, 0.1) is 7.11 Å². The van der Waals surface area contributed by atoms with Crippen LogP contribution >= 0.6 is 11.3 Å². The lowest BCUT2D eigenvalue weighted by atomic mass is 10.0. The first kappa shape index (κ1) is 20.8. The van der Waals surface area contributed by atoms with E-state index < -0.39 is 6.04 Å². The summed E-state index contributed by atoms with van der Waals surface area (Å²) in [7, 11) is 1.56. The highest BCUT2D eigenvalue weighted by atomic mass is 32.1. The predicted octanol–water partition coefficient (Wildman–Crippen LogP) is 3.14. The van der Waals surface area contributed by atoms with E-state index in [9.17, 15) is 9.59 Å². The molecule has 2 amide bonds. The first-order valence-corrected chi connectivity index (χ1v) is 9.70. The van der Waals surface area contributed by atoms with Gasteiger partial charge in [-0.25, -0.2) is 0 Å². The number of rotatable bonds is 8. The number of hydrogen-bond acceptors (Lipinski definition) is 6. The van der Waals surface area contributed by atoms with Gasteiger partial charge in [0.15, 0.2) is 0 Å². The molecule has 2 aromatic rings. The van der Waals surface area contributed by atoms with Crippen molar-refractivity contribution >= 4 is 28.3 Å². The van der Waals surface area contributed by atoms with Gasteiger partial charge >= 0.3 is 0 Å². The van der Waals surface area contributed by atoms with Crippen LogP contribution in [0, 0.1) is 11.8 Å². The maximum absolute atomic E-state index is 12.6. The first-order valence-electron chi connectivity index (χ1n) is 8.88. The average molecular weight is 391 g/mol. The number of carbonyl (C=O) groups excluding carboxylic acids is 2. The van der Waals surface area contributed by atoms with Crippen molar-refractivity contribution in [2.45, 2.75) is 40.2 Å². The van der Waals surface area contributed by atoms with Crippen LogP contribution in [-0.4, -0.2) is 35.2 Å². The normalized spacial score (nSPS) is 12.1. The quantitative estimate of drug-likeness (QED) is 0.722. The van der Waals surface area contributed by atoms with Gasteiger partial charge in [-0.1, -0.05) is 39.0 Å². The fourth-order valence-electron chi connectivity index (χ4n) is 2.42. The molecule has 0 bridgehead atoms. The Morgan fingerprint density at radius 2 is 1.78 bits per heavy atom. The van der Waals surface area contributed by atoms with Crippen molar-refractivity contribution in [1.29, 1.82) is 0 Å². The number of anilines is 1. The number of aromatic nitrogens is 2. The molecule has 0 saturated carbocycles. The second-order valence-electron chi connectivity index (χ2n) is 7.01. The fourth-order valence-corrected chi connectivity index (χ4v) is 3.38. The van der Waals surface area contributed by atoms with Gasteiger partial charge in [-0.15, -0.1) is 10.2 Å². The molecule has 1 aromatic heterocycles. The van der Waals surface area contributed by atoms with E-state index in [1.54, 1.807) is 31.4 Å². The Balaban J connectivity index is 2.03. The molecule has 2 rings (SSSR count). The lowest BCUT2D eigenvalue weighted by Gasteiger charge is -2.21. The number of amides is 2. The van der Waals surface area contributed by atoms with Gasteiger partial charge in [0.1, 0.15) is 16.8 Å². The van der Waals surface area contributed by atoms with Gasteiger partial charge in [-0.2, -0.15) is 0 Å². The minimum Gasteiger partial charge on any atom is -0.497 e. The SMILES string of the molecule is COc1ccc(C(=O)N[C@@H](C(=O)Nc2nnc(CC(C)C)s2)C(C)C)cc1. The summed E-state index contributed by atoms with van der Waals surface area (Å²) in [4.78, 5) is 25.1. The van der Waals surface area contributed by atoms with E-state index in [1.807, 2.05) is 13.8 Å². The molecule has 0 spiro atoms. The molecule has 0 radical (unpaired) electrons. The van der Waals surface area contributed by atoms with E-state index in [2.05, 4.69) is 34.7 Å². The van der Waals surface area contributed by atoms with Gasteiger partial charge in [0, 0.05) is 12.0 Å². The molecule has 8 heteroatoms. The molecule has 1 heterocycles. The summed E-state index contributed by atoms with van der Waals surface area (Å²) in [6.45, 7) is 7.96. The maximum Gasteiger partial charge on any atom is 0.251 e. The zero-order chi connectivity index (χ0) is 20.0. The molecular formula is C19H26N4O3S. The summed E-state index contributed by atoms with van der Waals surface area (Å²) >= 11 is 1.36. The number of carbonyl (C=O) groups is 2. The smallest absolute Gasteiger partial charge is 0.251 e. The Bertz CT molecular complexity index is 772. The lowest BCUT2D eigenvalue weighted by molar-refractivity contribution is -0.118. The number of hydrogen-bond donors (Lipinski definition) is 2. The number of benzene rings is 1. The Morgan fingerprint density at radius 3 is 2.33 bits per heavy atom. The molecule has 0 unspecified atom stereocenters. The zero-order valence-corrected chi connectivity index (χ0v) is 17.1. The zero-order valence-electron chi connectivity index (χ0n) is 16.3. The van der Waals surface area contributed by atoms with Crippen molar-refractivity contribution in [1.82, 2.24) is 15.5 Å². The van der Waals surface area contributed by atoms with Crippen LogP contribution < -0.4 is 15.4 Å². The van der Waals surface area contributed by atoms with Crippen molar-refractivity contribution < 1.29 is 14.3 Å². The van der Waals surface area contributed by atoms with Crippen LogP contribution in [0.3, 0.4) is 0 Å². The summed E-state index contributed by atoms with van der Waals surface area (Å²) < 4.78 is 5.09. The van der Waals surface area contributed by atoms with Crippen LogP contribution in [0.15, 0.2) is 24.3 Å².